The molecule has 0 spiro atoms. The van der Waals surface area contributed by atoms with Crippen LogP contribution in [-0.4, -0.2) is 47.4 Å². The number of halogens is 1. The summed E-state index contributed by atoms with van der Waals surface area (Å²) in [6.07, 6.45) is -0.430. The molecule has 1 aliphatic rings. The molecule has 2 aromatic rings. The Hall–Kier alpha value is -2.44. The molecule has 0 saturated carbocycles. The van der Waals surface area contributed by atoms with E-state index in [9.17, 15) is 19.4 Å². The molecular weight excluding hydrogens is 349 g/mol. The van der Waals surface area contributed by atoms with E-state index in [2.05, 4.69) is 0 Å². The second kappa shape index (κ2) is 8.06. The van der Waals surface area contributed by atoms with E-state index < -0.39 is 17.5 Å². The fourth-order valence-electron chi connectivity index (χ4n) is 3.78. The van der Waals surface area contributed by atoms with Crippen molar-refractivity contribution < 1.29 is 24.1 Å². The van der Waals surface area contributed by atoms with Crippen LogP contribution in [-0.2, 0) is 17.8 Å². The van der Waals surface area contributed by atoms with E-state index in [1.165, 1.54) is 19.2 Å². The second-order valence-corrected chi connectivity index (χ2v) is 7.08. The second-order valence-electron chi connectivity index (χ2n) is 7.08. The molecule has 1 heterocycles. The highest BCUT2D eigenvalue weighted by Crippen LogP contribution is 2.37. The standard InChI is InChI=1S/C21H24FNO4/c1-27-18-8-7-17(22)11-16(18)13-23-10-9-21(20(25)26,19(24)14-23)12-15-5-3-2-4-6-15/h2-8,11,19,24H,9-10,12-14H2,1H3,(H,25,26)/t19-,21+/m0/s1. The fourth-order valence-corrected chi connectivity index (χ4v) is 3.78. The van der Waals surface area contributed by atoms with E-state index >= 15 is 0 Å². The van der Waals surface area contributed by atoms with Crippen LogP contribution in [0.4, 0.5) is 4.39 Å². The third kappa shape index (κ3) is 4.12. The number of benzene rings is 2. The van der Waals surface area contributed by atoms with Gasteiger partial charge in [-0.25, -0.2) is 4.39 Å². The third-order valence-corrected chi connectivity index (χ3v) is 5.37. The van der Waals surface area contributed by atoms with Gasteiger partial charge in [-0.2, -0.15) is 0 Å². The molecule has 0 radical (unpaired) electrons. The van der Waals surface area contributed by atoms with Crippen LogP contribution in [0.5, 0.6) is 5.75 Å². The van der Waals surface area contributed by atoms with Crippen molar-refractivity contribution in [2.24, 2.45) is 5.41 Å². The summed E-state index contributed by atoms with van der Waals surface area (Å²) in [6.45, 7) is 1.09. The van der Waals surface area contributed by atoms with Crippen LogP contribution >= 0.6 is 0 Å². The maximum atomic E-state index is 13.6. The molecule has 0 unspecified atom stereocenters. The molecule has 0 bridgehead atoms. The number of hydrogen-bond acceptors (Lipinski definition) is 4. The Labute approximate surface area is 158 Å². The summed E-state index contributed by atoms with van der Waals surface area (Å²) in [5.41, 5.74) is 0.346. The minimum Gasteiger partial charge on any atom is -0.496 e. The minimum atomic E-state index is -1.22. The molecule has 1 aliphatic heterocycles. The highest BCUT2D eigenvalue weighted by Gasteiger charge is 2.48. The van der Waals surface area contributed by atoms with Crippen LogP contribution in [0, 0.1) is 11.2 Å². The lowest BCUT2D eigenvalue weighted by atomic mass is 9.71. The number of aliphatic hydroxyl groups excluding tert-OH is 1. The molecule has 0 amide bonds. The van der Waals surface area contributed by atoms with Gasteiger partial charge in [-0.05, 0) is 43.1 Å². The van der Waals surface area contributed by atoms with Gasteiger partial charge in [0.25, 0.3) is 0 Å². The van der Waals surface area contributed by atoms with Crippen molar-refractivity contribution in [3.8, 4) is 5.75 Å². The highest BCUT2D eigenvalue weighted by molar-refractivity contribution is 5.76. The van der Waals surface area contributed by atoms with Gasteiger partial charge in [0.15, 0.2) is 0 Å². The smallest absolute Gasteiger partial charge is 0.312 e. The van der Waals surface area contributed by atoms with Gasteiger partial charge >= 0.3 is 5.97 Å². The lowest BCUT2D eigenvalue weighted by Crippen LogP contribution is -2.55. The molecule has 0 aliphatic carbocycles. The summed E-state index contributed by atoms with van der Waals surface area (Å²) in [7, 11) is 1.52. The molecule has 2 N–H and O–H groups in total. The third-order valence-electron chi connectivity index (χ3n) is 5.37. The predicted molar refractivity (Wildman–Crippen MR) is 99.1 cm³/mol. The Bertz CT molecular complexity index is 798. The zero-order chi connectivity index (χ0) is 19.4. The van der Waals surface area contributed by atoms with Crippen LogP contribution in [0.1, 0.15) is 17.5 Å². The summed E-state index contributed by atoms with van der Waals surface area (Å²) in [4.78, 5) is 14.0. The summed E-state index contributed by atoms with van der Waals surface area (Å²) in [5.74, 6) is -0.764. The van der Waals surface area contributed by atoms with Crippen molar-refractivity contribution in [3.05, 3.63) is 65.5 Å². The van der Waals surface area contributed by atoms with E-state index in [1.807, 2.05) is 35.2 Å². The number of rotatable bonds is 6. The summed E-state index contributed by atoms with van der Waals surface area (Å²) in [6, 6.07) is 13.7. The number of aliphatic hydroxyl groups is 1. The Morgan fingerprint density at radius 2 is 2.04 bits per heavy atom. The van der Waals surface area contributed by atoms with Gasteiger partial charge < -0.3 is 14.9 Å². The van der Waals surface area contributed by atoms with Gasteiger partial charge in [0.05, 0.1) is 13.2 Å². The Kier molecular flexibility index (Phi) is 5.77. The Morgan fingerprint density at radius 1 is 1.30 bits per heavy atom. The van der Waals surface area contributed by atoms with Crippen LogP contribution in [0.25, 0.3) is 0 Å². The van der Waals surface area contributed by atoms with Gasteiger partial charge in [-0.15, -0.1) is 0 Å². The number of methoxy groups -OCH3 is 1. The lowest BCUT2D eigenvalue weighted by Gasteiger charge is -2.43. The number of nitrogens with zero attached hydrogens (tertiary/aromatic N) is 1. The van der Waals surface area contributed by atoms with Crippen molar-refractivity contribution >= 4 is 5.97 Å². The Balaban J connectivity index is 1.76. The number of carboxylic acids is 1. The molecule has 5 nitrogen and oxygen atoms in total. The maximum Gasteiger partial charge on any atom is 0.312 e. The van der Waals surface area contributed by atoms with Gasteiger partial charge in [0.1, 0.15) is 17.0 Å². The summed E-state index contributed by atoms with van der Waals surface area (Å²) >= 11 is 0. The number of ether oxygens (including phenoxy) is 1. The topological polar surface area (TPSA) is 70.0 Å². The van der Waals surface area contributed by atoms with Crippen LogP contribution < -0.4 is 4.74 Å². The minimum absolute atomic E-state index is 0.207. The van der Waals surface area contributed by atoms with Crippen molar-refractivity contribution in [2.45, 2.75) is 25.5 Å². The fraction of sp³-hybridized carbons (Fsp3) is 0.381. The molecule has 0 aromatic heterocycles. The summed E-state index contributed by atoms with van der Waals surface area (Å²) in [5, 5.41) is 20.6. The average Bonchev–Trinajstić information content (AvgIpc) is 2.65. The number of aliphatic carboxylic acids is 1. The monoisotopic (exact) mass is 373 g/mol. The normalized spacial score (nSPS) is 23.1. The van der Waals surface area contributed by atoms with Crippen LogP contribution in [0.2, 0.25) is 0 Å². The van der Waals surface area contributed by atoms with Crippen LogP contribution in [0.3, 0.4) is 0 Å². The van der Waals surface area contributed by atoms with Crippen molar-refractivity contribution in [1.29, 1.82) is 0 Å². The SMILES string of the molecule is COc1ccc(F)cc1CN1CC[C@](Cc2ccccc2)(C(=O)O)[C@@H](O)C1. The van der Waals surface area contributed by atoms with Gasteiger partial charge in [-0.1, -0.05) is 30.3 Å². The predicted octanol–water partition coefficient (Wildman–Crippen LogP) is 2.71. The molecule has 27 heavy (non-hydrogen) atoms. The molecule has 1 fully saturated rings. The number of piperidine rings is 1. The molecule has 2 atom stereocenters. The van der Waals surface area contributed by atoms with Gasteiger partial charge in [0.2, 0.25) is 0 Å². The number of β-amino-alcohol motifs (C(OH)–C–C–N with tert-alkyl or cyclic N) is 1. The van der Waals surface area contributed by atoms with Crippen molar-refractivity contribution in [1.82, 2.24) is 4.90 Å². The lowest BCUT2D eigenvalue weighted by molar-refractivity contribution is -0.163. The van der Waals surface area contributed by atoms with E-state index in [-0.39, 0.29) is 18.8 Å². The zero-order valence-electron chi connectivity index (χ0n) is 15.3. The number of likely N-dealkylation sites (tertiary alicyclic amines) is 1. The first-order chi connectivity index (χ1) is 12.9. The van der Waals surface area contributed by atoms with Crippen LogP contribution in [0.15, 0.2) is 48.5 Å². The van der Waals surface area contributed by atoms with E-state index in [0.717, 1.165) is 5.56 Å². The number of hydrogen-bond donors (Lipinski definition) is 2. The summed E-state index contributed by atoms with van der Waals surface area (Å²) < 4.78 is 18.9. The molecule has 2 aromatic carbocycles. The molecule has 3 rings (SSSR count). The van der Waals surface area contributed by atoms with E-state index in [0.29, 0.717) is 30.8 Å². The van der Waals surface area contributed by atoms with Crippen molar-refractivity contribution in [3.63, 3.8) is 0 Å². The highest BCUT2D eigenvalue weighted by atomic mass is 19.1. The number of carboxylic acid groups (broad SMARTS) is 1. The number of carbonyl (C=O) groups is 1. The van der Waals surface area contributed by atoms with Crippen molar-refractivity contribution in [2.75, 3.05) is 20.2 Å². The van der Waals surface area contributed by atoms with Gasteiger partial charge in [-0.3, -0.25) is 9.69 Å². The largest absolute Gasteiger partial charge is 0.496 e. The molecule has 144 valence electrons. The first kappa shape index (κ1) is 19.3. The first-order valence-electron chi connectivity index (χ1n) is 8.95. The molecule has 1 saturated heterocycles. The Morgan fingerprint density at radius 3 is 2.67 bits per heavy atom. The average molecular weight is 373 g/mol. The maximum absolute atomic E-state index is 13.6. The quantitative estimate of drug-likeness (QED) is 0.815. The van der Waals surface area contributed by atoms with E-state index in [4.69, 9.17) is 4.74 Å². The first-order valence-corrected chi connectivity index (χ1v) is 8.95. The van der Waals surface area contributed by atoms with E-state index in [1.54, 1.807) is 6.07 Å². The molecule has 6 heteroatoms. The van der Waals surface area contributed by atoms with Gasteiger partial charge in [0, 0.05) is 18.7 Å². The molecular formula is C21H24FNO4. The zero-order valence-corrected chi connectivity index (χ0v) is 15.3.